The molecule has 0 unspecified atom stereocenters. The van der Waals surface area contributed by atoms with E-state index in [9.17, 15) is 0 Å². The van der Waals surface area contributed by atoms with Crippen molar-refractivity contribution in [1.29, 1.82) is 0 Å². The maximum atomic E-state index is 4.21. The lowest BCUT2D eigenvalue weighted by Crippen LogP contribution is -2.27. The molecule has 104 valence electrons. The molecule has 0 amide bonds. The molecular formula is C12H22Cl2N4. The molecule has 0 spiro atoms. The minimum absolute atomic E-state index is 0. The van der Waals surface area contributed by atoms with Gasteiger partial charge in [0, 0.05) is 32.9 Å². The summed E-state index contributed by atoms with van der Waals surface area (Å²) in [5, 5.41) is 7.69. The second-order valence-corrected chi connectivity index (χ2v) is 5.21. The first-order chi connectivity index (χ1) is 7.81. The molecule has 0 bridgehead atoms. The summed E-state index contributed by atoms with van der Waals surface area (Å²) in [6, 6.07) is 0. The molecule has 2 aliphatic rings. The Morgan fingerprint density at radius 2 is 1.94 bits per heavy atom. The van der Waals surface area contributed by atoms with Gasteiger partial charge in [0.1, 0.15) is 0 Å². The van der Waals surface area contributed by atoms with E-state index in [0.29, 0.717) is 0 Å². The lowest BCUT2D eigenvalue weighted by Gasteiger charge is -2.15. The van der Waals surface area contributed by atoms with Crippen LogP contribution in [0.3, 0.4) is 0 Å². The molecule has 2 fully saturated rings. The van der Waals surface area contributed by atoms with E-state index < -0.39 is 0 Å². The number of fused-ring (bicyclic) bond motifs is 1. The van der Waals surface area contributed by atoms with Crippen molar-refractivity contribution in [1.82, 2.24) is 20.0 Å². The summed E-state index contributed by atoms with van der Waals surface area (Å²) in [6.45, 7) is 6.23. The van der Waals surface area contributed by atoms with Crippen molar-refractivity contribution in [3.8, 4) is 0 Å². The van der Waals surface area contributed by atoms with E-state index in [1.165, 1.54) is 38.3 Å². The molecule has 0 aromatic carbocycles. The number of likely N-dealkylation sites (tertiary alicyclic amines) is 1. The van der Waals surface area contributed by atoms with Crippen LogP contribution in [0.4, 0.5) is 0 Å². The first kappa shape index (κ1) is 15.8. The quantitative estimate of drug-likeness (QED) is 0.901. The van der Waals surface area contributed by atoms with Crippen LogP contribution in [0.2, 0.25) is 0 Å². The fourth-order valence-corrected chi connectivity index (χ4v) is 3.02. The normalized spacial score (nSPS) is 26.5. The molecule has 2 atom stereocenters. The van der Waals surface area contributed by atoms with E-state index in [4.69, 9.17) is 0 Å². The van der Waals surface area contributed by atoms with Gasteiger partial charge in [0.05, 0.1) is 6.20 Å². The number of rotatable bonds is 3. The zero-order valence-electron chi connectivity index (χ0n) is 10.7. The molecular weight excluding hydrogens is 271 g/mol. The summed E-state index contributed by atoms with van der Waals surface area (Å²) in [4.78, 5) is 2.61. The SMILES string of the molecule is Cl.Cl.Cn1cc(CCN2C[C@H]3CNC[C@H]3C2)cn1. The molecule has 6 heteroatoms. The summed E-state index contributed by atoms with van der Waals surface area (Å²) >= 11 is 0. The van der Waals surface area contributed by atoms with Gasteiger partial charge >= 0.3 is 0 Å². The monoisotopic (exact) mass is 292 g/mol. The molecule has 2 saturated heterocycles. The summed E-state index contributed by atoms with van der Waals surface area (Å²) < 4.78 is 1.89. The van der Waals surface area contributed by atoms with Crippen molar-refractivity contribution in [3.63, 3.8) is 0 Å². The highest BCUT2D eigenvalue weighted by Gasteiger charge is 2.35. The zero-order valence-corrected chi connectivity index (χ0v) is 12.3. The Bertz CT molecular complexity index is 357. The molecule has 0 aliphatic carbocycles. The van der Waals surface area contributed by atoms with Crippen LogP contribution in [0.1, 0.15) is 5.56 Å². The van der Waals surface area contributed by atoms with Gasteiger partial charge in [-0.05, 0) is 36.9 Å². The molecule has 3 rings (SSSR count). The molecule has 1 aromatic rings. The maximum absolute atomic E-state index is 4.21. The highest BCUT2D eigenvalue weighted by atomic mass is 35.5. The van der Waals surface area contributed by atoms with Crippen LogP contribution >= 0.6 is 24.8 Å². The second kappa shape index (κ2) is 6.75. The average molecular weight is 293 g/mol. The van der Waals surface area contributed by atoms with Crippen molar-refractivity contribution in [2.45, 2.75) is 6.42 Å². The lowest BCUT2D eigenvalue weighted by molar-refractivity contribution is 0.317. The third kappa shape index (κ3) is 3.38. The van der Waals surface area contributed by atoms with Crippen molar-refractivity contribution in [2.24, 2.45) is 18.9 Å². The fraction of sp³-hybridized carbons (Fsp3) is 0.750. The third-order valence-corrected chi connectivity index (χ3v) is 3.94. The number of hydrogen-bond acceptors (Lipinski definition) is 3. The van der Waals surface area contributed by atoms with Crippen LogP contribution < -0.4 is 5.32 Å². The van der Waals surface area contributed by atoms with Gasteiger partial charge in [-0.2, -0.15) is 5.10 Å². The number of nitrogens with zero attached hydrogens (tertiary/aromatic N) is 3. The van der Waals surface area contributed by atoms with Crippen molar-refractivity contribution in [2.75, 3.05) is 32.7 Å². The van der Waals surface area contributed by atoms with E-state index in [-0.39, 0.29) is 24.8 Å². The number of halogens is 2. The van der Waals surface area contributed by atoms with Crippen molar-refractivity contribution in [3.05, 3.63) is 18.0 Å². The van der Waals surface area contributed by atoms with Crippen LogP contribution in [-0.4, -0.2) is 47.4 Å². The maximum Gasteiger partial charge on any atom is 0.0522 e. The largest absolute Gasteiger partial charge is 0.316 e. The van der Waals surface area contributed by atoms with Crippen LogP contribution in [0.5, 0.6) is 0 Å². The molecule has 1 aromatic heterocycles. The van der Waals surface area contributed by atoms with Gasteiger partial charge in [-0.15, -0.1) is 24.8 Å². The minimum atomic E-state index is 0. The highest BCUT2D eigenvalue weighted by molar-refractivity contribution is 5.85. The Hall–Kier alpha value is -0.290. The summed E-state index contributed by atoms with van der Waals surface area (Å²) in [5.41, 5.74) is 1.36. The molecule has 4 nitrogen and oxygen atoms in total. The van der Waals surface area contributed by atoms with E-state index in [2.05, 4.69) is 21.5 Å². The van der Waals surface area contributed by atoms with Gasteiger partial charge in [-0.3, -0.25) is 4.68 Å². The van der Waals surface area contributed by atoms with Gasteiger partial charge in [0.25, 0.3) is 0 Å². The first-order valence-electron chi connectivity index (χ1n) is 6.22. The van der Waals surface area contributed by atoms with Crippen molar-refractivity contribution >= 4 is 24.8 Å². The molecule has 0 saturated carbocycles. The minimum Gasteiger partial charge on any atom is -0.316 e. The topological polar surface area (TPSA) is 33.1 Å². The Morgan fingerprint density at radius 3 is 2.50 bits per heavy atom. The number of aryl methyl sites for hydroxylation is 1. The van der Waals surface area contributed by atoms with Crippen molar-refractivity contribution < 1.29 is 0 Å². The van der Waals surface area contributed by atoms with Gasteiger partial charge in [-0.25, -0.2) is 0 Å². The predicted molar refractivity (Wildman–Crippen MR) is 77.7 cm³/mol. The van der Waals surface area contributed by atoms with Gasteiger partial charge < -0.3 is 10.2 Å². The molecule has 18 heavy (non-hydrogen) atoms. The third-order valence-electron chi connectivity index (χ3n) is 3.94. The molecule has 1 N–H and O–H groups in total. The van der Waals surface area contributed by atoms with Gasteiger partial charge in [0.15, 0.2) is 0 Å². The first-order valence-corrected chi connectivity index (χ1v) is 6.22. The zero-order chi connectivity index (χ0) is 11.0. The van der Waals surface area contributed by atoms with E-state index in [0.717, 1.165) is 18.3 Å². The smallest absolute Gasteiger partial charge is 0.0522 e. The number of aromatic nitrogens is 2. The predicted octanol–water partition coefficient (Wildman–Crippen LogP) is 0.957. The Kier molecular flexibility index (Phi) is 5.92. The van der Waals surface area contributed by atoms with E-state index >= 15 is 0 Å². The second-order valence-electron chi connectivity index (χ2n) is 5.21. The Labute approximate surface area is 121 Å². The molecule has 0 radical (unpaired) electrons. The Morgan fingerprint density at radius 1 is 1.28 bits per heavy atom. The highest BCUT2D eigenvalue weighted by Crippen LogP contribution is 2.26. The Balaban J connectivity index is 0.000000810. The average Bonchev–Trinajstić information content (AvgIpc) is 2.89. The summed E-state index contributed by atoms with van der Waals surface area (Å²) in [7, 11) is 1.98. The van der Waals surface area contributed by atoms with Crippen LogP contribution in [0.15, 0.2) is 12.4 Å². The van der Waals surface area contributed by atoms with Crippen LogP contribution in [0, 0.1) is 11.8 Å². The van der Waals surface area contributed by atoms with Gasteiger partial charge in [0.2, 0.25) is 0 Å². The summed E-state index contributed by atoms with van der Waals surface area (Å²) in [5.74, 6) is 1.82. The van der Waals surface area contributed by atoms with Gasteiger partial charge in [-0.1, -0.05) is 0 Å². The standard InChI is InChI=1S/C12H20N4.2ClH/c1-15-7-10(4-14-15)2-3-16-8-11-5-13-6-12(11)9-16;;/h4,7,11-13H,2-3,5-6,8-9H2,1H3;2*1H/t11-,12+;;. The number of hydrogen-bond donors (Lipinski definition) is 1. The molecule has 2 aliphatic heterocycles. The van der Waals surface area contributed by atoms with E-state index in [1.807, 2.05) is 17.9 Å². The molecule has 3 heterocycles. The van der Waals surface area contributed by atoms with Crippen LogP contribution in [0.25, 0.3) is 0 Å². The summed E-state index contributed by atoms with van der Waals surface area (Å²) in [6.07, 6.45) is 5.25. The fourth-order valence-electron chi connectivity index (χ4n) is 3.02. The lowest BCUT2D eigenvalue weighted by atomic mass is 10.0. The number of nitrogens with one attached hydrogen (secondary N) is 1. The van der Waals surface area contributed by atoms with E-state index in [1.54, 1.807) is 0 Å². The van der Waals surface area contributed by atoms with Crippen LogP contribution in [-0.2, 0) is 13.5 Å².